The number of carbonyl (C=O) groups is 2. The summed E-state index contributed by atoms with van der Waals surface area (Å²) in [5, 5.41) is 10.0. The number of aliphatic hydroxyl groups excluding tert-OH is 1. The molecule has 5 nitrogen and oxygen atoms in total. The molecule has 5 heteroatoms. The van der Waals surface area contributed by atoms with Crippen LogP contribution >= 0.6 is 0 Å². The minimum atomic E-state index is -0.417. The number of aliphatic hydroxyl groups is 1. The Morgan fingerprint density at radius 3 is 2.61 bits per heavy atom. The molecule has 1 saturated heterocycles. The van der Waals surface area contributed by atoms with Crippen molar-refractivity contribution in [3.05, 3.63) is 12.2 Å². The van der Waals surface area contributed by atoms with Crippen molar-refractivity contribution >= 4 is 11.9 Å². The van der Waals surface area contributed by atoms with Crippen LogP contribution in [-0.4, -0.2) is 46.2 Å². The van der Waals surface area contributed by atoms with Gasteiger partial charge in [0, 0.05) is 19.4 Å². The first kappa shape index (κ1) is 24.7. The Kier molecular flexibility index (Phi) is 11.4. The van der Waals surface area contributed by atoms with Crippen LogP contribution in [0.1, 0.15) is 98.3 Å². The van der Waals surface area contributed by atoms with Crippen molar-refractivity contribution in [3.63, 3.8) is 0 Å². The summed E-state index contributed by atoms with van der Waals surface area (Å²) in [6.07, 6.45) is 13.3. The first-order valence-corrected chi connectivity index (χ1v) is 11.1. The number of unbranched alkanes of at least 4 members (excludes halogenated alkanes) is 5. The standard InChI is InChI=1S/C23H41NO4/c1-5-6-9-12-20(25)16-14-19-15-17-21(26)24(19)18-11-8-7-10-13-22(27)28-23(2,3)4/h14,16,19-20,25H,5-13,15,17-18H2,1-4H3. The molecule has 1 aliphatic rings. The van der Waals surface area contributed by atoms with E-state index in [1.165, 1.54) is 0 Å². The molecule has 0 radical (unpaired) electrons. The molecular formula is C23H41NO4. The molecular weight excluding hydrogens is 354 g/mol. The monoisotopic (exact) mass is 395 g/mol. The van der Waals surface area contributed by atoms with Gasteiger partial charge in [-0.2, -0.15) is 0 Å². The topological polar surface area (TPSA) is 66.8 Å². The lowest BCUT2D eigenvalue weighted by molar-refractivity contribution is -0.154. The SMILES string of the molecule is CCCCCC(O)C=CC1CCC(=O)N1CCCCCCC(=O)OC(C)(C)C. The smallest absolute Gasteiger partial charge is 0.306 e. The average molecular weight is 396 g/mol. The van der Waals surface area contributed by atoms with Crippen molar-refractivity contribution in [3.8, 4) is 0 Å². The molecule has 1 fully saturated rings. The number of rotatable bonds is 13. The van der Waals surface area contributed by atoms with Crippen molar-refractivity contribution in [2.75, 3.05) is 6.54 Å². The molecule has 0 aliphatic carbocycles. The van der Waals surface area contributed by atoms with Crippen molar-refractivity contribution in [1.82, 2.24) is 4.90 Å². The molecule has 162 valence electrons. The highest BCUT2D eigenvalue weighted by Gasteiger charge is 2.28. The van der Waals surface area contributed by atoms with Gasteiger partial charge in [0.05, 0.1) is 12.1 Å². The van der Waals surface area contributed by atoms with Crippen molar-refractivity contribution in [2.24, 2.45) is 0 Å². The van der Waals surface area contributed by atoms with Gasteiger partial charge in [0.1, 0.15) is 5.60 Å². The number of likely N-dealkylation sites (tertiary alicyclic amines) is 1. The second-order valence-corrected chi connectivity index (χ2v) is 8.89. The van der Waals surface area contributed by atoms with Crippen molar-refractivity contribution in [1.29, 1.82) is 0 Å². The summed E-state index contributed by atoms with van der Waals surface area (Å²) in [6, 6.07) is 0.120. The molecule has 28 heavy (non-hydrogen) atoms. The fourth-order valence-electron chi connectivity index (χ4n) is 3.50. The maximum atomic E-state index is 12.2. The van der Waals surface area contributed by atoms with Crippen LogP contribution in [0.3, 0.4) is 0 Å². The van der Waals surface area contributed by atoms with Gasteiger partial charge in [-0.15, -0.1) is 0 Å². The van der Waals surface area contributed by atoms with Gasteiger partial charge < -0.3 is 14.7 Å². The lowest BCUT2D eigenvalue weighted by atomic mass is 10.1. The van der Waals surface area contributed by atoms with Crippen LogP contribution in [0, 0.1) is 0 Å². The minimum absolute atomic E-state index is 0.120. The third-order valence-electron chi connectivity index (χ3n) is 4.98. The third-order valence-corrected chi connectivity index (χ3v) is 4.98. The Bertz CT molecular complexity index is 495. The number of esters is 1. The molecule has 1 N–H and O–H groups in total. The molecule has 2 atom stereocenters. The van der Waals surface area contributed by atoms with Gasteiger partial charge in [-0.05, 0) is 46.5 Å². The molecule has 1 heterocycles. The molecule has 2 unspecified atom stereocenters. The van der Waals surface area contributed by atoms with Gasteiger partial charge in [0.2, 0.25) is 5.91 Å². The van der Waals surface area contributed by atoms with Crippen LogP contribution < -0.4 is 0 Å². The van der Waals surface area contributed by atoms with Gasteiger partial charge in [0.25, 0.3) is 0 Å². The number of hydrogen-bond donors (Lipinski definition) is 1. The van der Waals surface area contributed by atoms with E-state index in [-0.39, 0.29) is 17.9 Å². The summed E-state index contributed by atoms with van der Waals surface area (Å²) in [5.74, 6) is 0.0776. The zero-order valence-electron chi connectivity index (χ0n) is 18.4. The van der Waals surface area contributed by atoms with Gasteiger partial charge >= 0.3 is 5.97 Å². The van der Waals surface area contributed by atoms with Crippen LogP contribution in [0.15, 0.2) is 12.2 Å². The van der Waals surface area contributed by atoms with Crippen molar-refractivity contribution in [2.45, 2.75) is 116 Å². The minimum Gasteiger partial charge on any atom is -0.460 e. The molecule has 0 bridgehead atoms. The summed E-state index contributed by atoms with van der Waals surface area (Å²) >= 11 is 0. The number of amides is 1. The lowest BCUT2D eigenvalue weighted by Gasteiger charge is -2.22. The van der Waals surface area contributed by atoms with E-state index in [1.807, 2.05) is 37.8 Å². The Hall–Kier alpha value is -1.36. The molecule has 1 aliphatic heterocycles. The maximum Gasteiger partial charge on any atom is 0.306 e. The van der Waals surface area contributed by atoms with Gasteiger partial charge in [-0.1, -0.05) is 51.2 Å². The highest BCUT2D eigenvalue weighted by atomic mass is 16.6. The van der Waals surface area contributed by atoms with Crippen molar-refractivity contribution < 1.29 is 19.4 Å². The molecule has 0 saturated carbocycles. The van der Waals surface area contributed by atoms with Gasteiger partial charge in [-0.3, -0.25) is 9.59 Å². The predicted octanol–water partition coefficient (Wildman–Crippen LogP) is 4.77. The first-order valence-electron chi connectivity index (χ1n) is 11.1. The number of ether oxygens (including phenoxy) is 1. The largest absolute Gasteiger partial charge is 0.460 e. The third kappa shape index (κ3) is 10.8. The van der Waals surface area contributed by atoms with Crippen LogP contribution in [0.25, 0.3) is 0 Å². The second kappa shape index (κ2) is 13.0. The van der Waals surface area contributed by atoms with E-state index in [4.69, 9.17) is 4.74 Å². The number of nitrogens with zero attached hydrogens (tertiary/aromatic N) is 1. The quantitative estimate of drug-likeness (QED) is 0.277. The molecule has 0 aromatic heterocycles. The second-order valence-electron chi connectivity index (χ2n) is 8.89. The summed E-state index contributed by atoms with van der Waals surface area (Å²) in [4.78, 5) is 25.8. The van der Waals surface area contributed by atoms with Crippen LogP contribution in [-0.2, 0) is 14.3 Å². The maximum absolute atomic E-state index is 12.2. The van der Waals surface area contributed by atoms with Gasteiger partial charge in [0.15, 0.2) is 0 Å². The van der Waals surface area contributed by atoms with E-state index >= 15 is 0 Å². The number of hydrogen-bond acceptors (Lipinski definition) is 4. The van der Waals surface area contributed by atoms with E-state index < -0.39 is 11.7 Å². The van der Waals surface area contributed by atoms with Crippen LogP contribution in [0.5, 0.6) is 0 Å². The van der Waals surface area contributed by atoms with E-state index in [0.717, 1.165) is 64.3 Å². The summed E-state index contributed by atoms with van der Waals surface area (Å²) in [6.45, 7) is 8.56. The van der Waals surface area contributed by atoms with E-state index in [2.05, 4.69) is 6.92 Å². The summed E-state index contributed by atoms with van der Waals surface area (Å²) < 4.78 is 5.31. The molecule has 0 spiro atoms. The fraction of sp³-hybridized carbons (Fsp3) is 0.826. The normalized spacial score (nSPS) is 18.8. The zero-order valence-corrected chi connectivity index (χ0v) is 18.4. The molecule has 0 aromatic rings. The van der Waals surface area contributed by atoms with E-state index in [0.29, 0.717) is 12.8 Å². The molecule has 1 amide bonds. The average Bonchev–Trinajstić information content (AvgIpc) is 2.95. The highest BCUT2D eigenvalue weighted by Crippen LogP contribution is 2.21. The fourth-order valence-corrected chi connectivity index (χ4v) is 3.50. The Morgan fingerprint density at radius 1 is 1.21 bits per heavy atom. The molecule has 0 aromatic carbocycles. The number of carbonyl (C=O) groups excluding carboxylic acids is 2. The lowest BCUT2D eigenvalue weighted by Crippen LogP contribution is -2.32. The Morgan fingerprint density at radius 2 is 1.93 bits per heavy atom. The van der Waals surface area contributed by atoms with Crippen LogP contribution in [0.4, 0.5) is 0 Å². The van der Waals surface area contributed by atoms with E-state index in [1.54, 1.807) is 0 Å². The van der Waals surface area contributed by atoms with Crippen LogP contribution in [0.2, 0.25) is 0 Å². The Balaban J connectivity index is 2.24. The highest BCUT2D eigenvalue weighted by molar-refractivity contribution is 5.79. The zero-order chi connectivity index (χ0) is 21.0. The first-order chi connectivity index (χ1) is 13.2. The Labute approximate surface area is 171 Å². The predicted molar refractivity (Wildman–Crippen MR) is 113 cm³/mol. The van der Waals surface area contributed by atoms with E-state index in [9.17, 15) is 14.7 Å². The molecule has 1 rings (SSSR count). The van der Waals surface area contributed by atoms with Gasteiger partial charge in [-0.25, -0.2) is 0 Å². The summed E-state index contributed by atoms with van der Waals surface area (Å²) in [7, 11) is 0. The summed E-state index contributed by atoms with van der Waals surface area (Å²) in [5.41, 5.74) is -0.417.